The largest absolute Gasteiger partial charge is 0.545 e. The van der Waals surface area contributed by atoms with Gasteiger partial charge in [-0.15, -0.1) is 23.5 Å². The SMILES string of the molecule is CSc1ccccc1N1C(=O)C[C@@H](Sc2ccccc2C(=O)[O-])C1=O. The van der Waals surface area contributed by atoms with Crippen LogP contribution >= 0.6 is 23.5 Å². The lowest BCUT2D eigenvalue weighted by molar-refractivity contribution is -0.255. The van der Waals surface area contributed by atoms with E-state index < -0.39 is 11.2 Å². The van der Waals surface area contributed by atoms with Crippen LogP contribution in [-0.4, -0.2) is 29.3 Å². The van der Waals surface area contributed by atoms with Crippen molar-refractivity contribution in [1.82, 2.24) is 0 Å². The fraction of sp³-hybridized carbons (Fsp3) is 0.167. The minimum absolute atomic E-state index is 0.0238. The molecule has 0 saturated carbocycles. The van der Waals surface area contributed by atoms with E-state index in [1.807, 2.05) is 18.4 Å². The maximum atomic E-state index is 12.8. The summed E-state index contributed by atoms with van der Waals surface area (Å²) in [6, 6.07) is 13.6. The number of hydrogen-bond acceptors (Lipinski definition) is 6. The van der Waals surface area contributed by atoms with Crippen LogP contribution in [0.1, 0.15) is 16.8 Å². The van der Waals surface area contributed by atoms with Crippen LogP contribution < -0.4 is 10.0 Å². The average molecular weight is 372 g/mol. The molecule has 0 spiro atoms. The van der Waals surface area contributed by atoms with E-state index in [9.17, 15) is 19.5 Å². The van der Waals surface area contributed by atoms with Crippen molar-refractivity contribution in [2.75, 3.05) is 11.2 Å². The molecule has 2 aromatic carbocycles. The van der Waals surface area contributed by atoms with E-state index in [-0.39, 0.29) is 23.8 Å². The van der Waals surface area contributed by atoms with Gasteiger partial charge >= 0.3 is 0 Å². The molecule has 0 aromatic heterocycles. The first-order valence-electron chi connectivity index (χ1n) is 7.49. The van der Waals surface area contributed by atoms with E-state index in [4.69, 9.17) is 0 Å². The predicted octanol–water partition coefficient (Wildman–Crippen LogP) is 2.20. The lowest BCUT2D eigenvalue weighted by atomic mass is 10.2. The van der Waals surface area contributed by atoms with Crippen molar-refractivity contribution >= 4 is 47.0 Å². The van der Waals surface area contributed by atoms with Crippen molar-refractivity contribution < 1.29 is 19.5 Å². The first-order valence-corrected chi connectivity index (χ1v) is 9.60. The third kappa shape index (κ3) is 3.43. The van der Waals surface area contributed by atoms with Gasteiger partial charge in [0, 0.05) is 21.8 Å². The number of anilines is 1. The van der Waals surface area contributed by atoms with E-state index in [1.165, 1.54) is 22.7 Å². The Morgan fingerprint density at radius 3 is 2.40 bits per heavy atom. The van der Waals surface area contributed by atoms with Gasteiger partial charge in [-0.1, -0.05) is 30.3 Å². The van der Waals surface area contributed by atoms with Crippen LogP contribution in [0.15, 0.2) is 58.3 Å². The lowest BCUT2D eigenvalue weighted by Crippen LogP contribution is -2.31. The van der Waals surface area contributed by atoms with Crippen LogP contribution in [0.25, 0.3) is 0 Å². The number of amides is 2. The molecule has 3 rings (SSSR count). The highest BCUT2D eigenvalue weighted by molar-refractivity contribution is 8.00. The Labute approximate surface area is 153 Å². The highest BCUT2D eigenvalue weighted by atomic mass is 32.2. The number of carboxylic acids is 1. The second kappa shape index (κ2) is 7.33. The van der Waals surface area contributed by atoms with E-state index in [0.29, 0.717) is 10.6 Å². The molecule has 2 amide bonds. The molecule has 0 radical (unpaired) electrons. The molecule has 1 saturated heterocycles. The summed E-state index contributed by atoms with van der Waals surface area (Å²) < 4.78 is 0. The van der Waals surface area contributed by atoms with Crippen molar-refractivity contribution in [3.63, 3.8) is 0 Å². The summed E-state index contributed by atoms with van der Waals surface area (Å²) in [7, 11) is 0. The minimum atomic E-state index is -1.30. The molecule has 0 N–H and O–H groups in total. The summed E-state index contributed by atoms with van der Waals surface area (Å²) in [5.41, 5.74) is 0.594. The van der Waals surface area contributed by atoms with Crippen LogP contribution in [0.4, 0.5) is 5.69 Å². The zero-order valence-electron chi connectivity index (χ0n) is 13.3. The summed E-state index contributed by atoms with van der Waals surface area (Å²) in [6.45, 7) is 0. The van der Waals surface area contributed by atoms with Crippen LogP contribution in [0.5, 0.6) is 0 Å². The standard InChI is InChI=1S/C18H15NO4S2/c1-24-14-9-5-3-7-12(14)19-16(20)10-15(17(19)21)25-13-8-4-2-6-11(13)18(22)23/h2-9,15H,10H2,1H3,(H,22,23)/p-1/t15-/m1/s1. The number of carbonyl (C=O) groups is 3. The fourth-order valence-corrected chi connectivity index (χ4v) is 4.41. The molecule has 1 aliphatic heterocycles. The Morgan fingerprint density at radius 2 is 1.72 bits per heavy atom. The van der Waals surface area contributed by atoms with Gasteiger partial charge in [-0.05, 0) is 24.5 Å². The fourth-order valence-electron chi connectivity index (χ4n) is 2.66. The first-order chi connectivity index (χ1) is 12.0. The molecule has 1 heterocycles. The number of carboxylic acid groups (broad SMARTS) is 1. The molecule has 0 bridgehead atoms. The van der Waals surface area contributed by atoms with Gasteiger partial charge in [-0.3, -0.25) is 9.59 Å². The maximum absolute atomic E-state index is 12.8. The zero-order chi connectivity index (χ0) is 18.0. The van der Waals surface area contributed by atoms with Crippen molar-refractivity contribution in [3.05, 3.63) is 54.1 Å². The summed E-state index contributed by atoms with van der Waals surface area (Å²) in [6.07, 6.45) is 1.92. The van der Waals surface area contributed by atoms with Crippen molar-refractivity contribution in [2.45, 2.75) is 21.5 Å². The van der Waals surface area contributed by atoms with E-state index in [0.717, 1.165) is 16.7 Å². The number of thioether (sulfide) groups is 2. The van der Waals surface area contributed by atoms with Crippen LogP contribution in [0.2, 0.25) is 0 Å². The summed E-state index contributed by atoms with van der Waals surface area (Å²) in [5, 5.41) is 10.6. The molecule has 5 nitrogen and oxygen atoms in total. The molecule has 1 fully saturated rings. The van der Waals surface area contributed by atoms with Crippen LogP contribution in [0.3, 0.4) is 0 Å². The molecule has 7 heteroatoms. The van der Waals surface area contributed by atoms with Gasteiger partial charge in [0.1, 0.15) is 0 Å². The van der Waals surface area contributed by atoms with E-state index >= 15 is 0 Å². The number of carbonyl (C=O) groups excluding carboxylic acids is 3. The average Bonchev–Trinajstić information content (AvgIpc) is 2.88. The third-order valence-electron chi connectivity index (χ3n) is 3.81. The van der Waals surface area contributed by atoms with Gasteiger partial charge in [0.2, 0.25) is 11.8 Å². The Balaban J connectivity index is 1.89. The number of hydrogen-bond donors (Lipinski definition) is 0. The van der Waals surface area contributed by atoms with Gasteiger partial charge < -0.3 is 9.90 Å². The highest BCUT2D eigenvalue weighted by Gasteiger charge is 2.41. The number of benzene rings is 2. The summed E-state index contributed by atoms with van der Waals surface area (Å²) in [4.78, 5) is 38.9. The molecule has 0 aliphatic carbocycles. The van der Waals surface area contributed by atoms with Crippen LogP contribution in [0, 0.1) is 0 Å². The van der Waals surface area contributed by atoms with E-state index in [1.54, 1.807) is 30.3 Å². The van der Waals surface area contributed by atoms with Crippen molar-refractivity contribution in [1.29, 1.82) is 0 Å². The van der Waals surface area contributed by atoms with Crippen molar-refractivity contribution in [3.8, 4) is 0 Å². The Hall–Kier alpha value is -2.25. The van der Waals surface area contributed by atoms with Crippen LogP contribution in [-0.2, 0) is 9.59 Å². The number of nitrogens with zero attached hydrogens (tertiary/aromatic N) is 1. The molecule has 1 aliphatic rings. The topological polar surface area (TPSA) is 77.5 Å². The minimum Gasteiger partial charge on any atom is -0.545 e. The molecule has 25 heavy (non-hydrogen) atoms. The number of rotatable bonds is 5. The smallest absolute Gasteiger partial charge is 0.247 e. The lowest BCUT2D eigenvalue weighted by Gasteiger charge is -2.18. The Morgan fingerprint density at radius 1 is 1.08 bits per heavy atom. The van der Waals surface area contributed by atoms with E-state index in [2.05, 4.69) is 0 Å². The molecular weight excluding hydrogens is 358 g/mol. The monoisotopic (exact) mass is 372 g/mol. The number of para-hydroxylation sites is 1. The second-order valence-corrected chi connectivity index (χ2v) is 7.43. The van der Waals surface area contributed by atoms with Gasteiger partial charge in [-0.25, -0.2) is 4.90 Å². The molecule has 2 aromatic rings. The molecule has 0 unspecified atom stereocenters. The molecule has 128 valence electrons. The number of aromatic carboxylic acids is 1. The molecule has 1 atom stereocenters. The Bertz CT molecular complexity index is 852. The number of imide groups is 1. The normalized spacial score (nSPS) is 17.2. The zero-order valence-corrected chi connectivity index (χ0v) is 14.9. The van der Waals surface area contributed by atoms with Gasteiger partial charge in [-0.2, -0.15) is 0 Å². The summed E-state index contributed by atoms with van der Waals surface area (Å²) >= 11 is 2.55. The van der Waals surface area contributed by atoms with Gasteiger partial charge in [0.25, 0.3) is 0 Å². The third-order valence-corrected chi connectivity index (χ3v) is 5.86. The van der Waals surface area contributed by atoms with Gasteiger partial charge in [0.15, 0.2) is 0 Å². The van der Waals surface area contributed by atoms with Crippen molar-refractivity contribution in [2.24, 2.45) is 0 Å². The second-order valence-electron chi connectivity index (χ2n) is 5.33. The highest BCUT2D eigenvalue weighted by Crippen LogP contribution is 2.38. The first kappa shape index (κ1) is 17.6. The Kier molecular flexibility index (Phi) is 5.15. The quantitative estimate of drug-likeness (QED) is 0.591. The maximum Gasteiger partial charge on any atom is 0.247 e. The van der Waals surface area contributed by atoms with Gasteiger partial charge in [0.05, 0.1) is 16.9 Å². The molecular formula is C18H14NO4S2-. The summed E-state index contributed by atoms with van der Waals surface area (Å²) in [5.74, 6) is -1.91. The predicted molar refractivity (Wildman–Crippen MR) is 95.8 cm³/mol.